The number of rotatable bonds is 7. The van der Waals surface area contributed by atoms with E-state index in [9.17, 15) is 4.79 Å². The molecule has 26 heavy (non-hydrogen) atoms. The fourth-order valence-electron chi connectivity index (χ4n) is 5.17. The zero-order valence-electron chi connectivity index (χ0n) is 16.7. The molecular formula is C24H36O2. The van der Waals surface area contributed by atoms with E-state index < -0.39 is 0 Å². The second-order valence-electron chi connectivity index (χ2n) is 8.67. The van der Waals surface area contributed by atoms with E-state index in [0.29, 0.717) is 5.75 Å². The lowest BCUT2D eigenvalue weighted by Gasteiger charge is -2.41. The Morgan fingerprint density at radius 3 is 2.42 bits per heavy atom. The molecule has 144 valence electrons. The Labute approximate surface area is 159 Å². The largest absolute Gasteiger partial charge is 0.426 e. The molecule has 0 heterocycles. The maximum Gasteiger partial charge on any atom is 0.314 e. The molecule has 0 aliphatic heterocycles. The van der Waals surface area contributed by atoms with Gasteiger partial charge in [0.1, 0.15) is 5.75 Å². The quantitative estimate of drug-likeness (QED) is 0.408. The van der Waals surface area contributed by atoms with Crippen LogP contribution in [0.25, 0.3) is 0 Å². The minimum absolute atomic E-state index is 0.000187. The Morgan fingerprint density at radius 2 is 1.69 bits per heavy atom. The monoisotopic (exact) mass is 356 g/mol. The number of benzene rings is 1. The molecule has 2 aliphatic carbocycles. The van der Waals surface area contributed by atoms with Gasteiger partial charge in [0.15, 0.2) is 0 Å². The zero-order valence-corrected chi connectivity index (χ0v) is 16.7. The molecule has 2 nitrogen and oxygen atoms in total. The number of fused-ring (bicyclic) bond motifs is 1. The standard InChI is InChI=1S/C24H36O2/c1-3-5-7-19-8-11-21-17-22(13-12-20(21)16-19)24(25)26-23-14-9-18(6-4-2)10-15-23/h9-10,14-15,19-22H,3-8,11-13,16-17H2,1-2H3/t19?,20-,21?,22-/m1/s1. The number of aryl methyl sites for hydroxylation is 1. The van der Waals surface area contributed by atoms with Gasteiger partial charge in [0.05, 0.1) is 5.92 Å². The summed E-state index contributed by atoms with van der Waals surface area (Å²) in [5.74, 6) is 3.38. The van der Waals surface area contributed by atoms with Gasteiger partial charge in [-0.1, -0.05) is 58.1 Å². The third kappa shape index (κ3) is 5.11. The Balaban J connectivity index is 1.48. The molecule has 2 unspecified atom stereocenters. The van der Waals surface area contributed by atoms with Crippen LogP contribution in [0.3, 0.4) is 0 Å². The second kappa shape index (κ2) is 9.58. The van der Waals surface area contributed by atoms with Crippen LogP contribution in [0.15, 0.2) is 24.3 Å². The fraction of sp³-hybridized carbons (Fsp3) is 0.708. The molecule has 2 saturated carbocycles. The Bertz CT molecular complexity index is 562. The molecule has 2 aliphatic rings. The lowest BCUT2D eigenvalue weighted by molar-refractivity contribution is -0.141. The molecule has 2 heteroatoms. The van der Waals surface area contributed by atoms with Crippen molar-refractivity contribution in [2.45, 2.75) is 84.5 Å². The highest BCUT2D eigenvalue weighted by atomic mass is 16.5. The molecule has 2 fully saturated rings. The molecule has 1 aromatic rings. The van der Waals surface area contributed by atoms with E-state index in [1.165, 1.54) is 50.5 Å². The minimum Gasteiger partial charge on any atom is -0.426 e. The van der Waals surface area contributed by atoms with E-state index in [-0.39, 0.29) is 11.9 Å². The minimum atomic E-state index is -0.000187. The number of ether oxygens (including phenoxy) is 1. The number of carbonyl (C=O) groups excluding carboxylic acids is 1. The van der Waals surface area contributed by atoms with Gasteiger partial charge in [0.2, 0.25) is 0 Å². The average molecular weight is 357 g/mol. The number of hydrogen-bond acceptors (Lipinski definition) is 2. The summed E-state index contributed by atoms with van der Waals surface area (Å²) in [6.07, 6.45) is 13.8. The molecule has 0 spiro atoms. The van der Waals surface area contributed by atoms with Crippen molar-refractivity contribution in [2.75, 3.05) is 0 Å². The predicted octanol–water partition coefficient (Wildman–Crippen LogP) is 6.57. The van der Waals surface area contributed by atoms with Crippen molar-refractivity contribution in [1.82, 2.24) is 0 Å². The van der Waals surface area contributed by atoms with Gasteiger partial charge in [-0.2, -0.15) is 0 Å². The fourth-order valence-corrected chi connectivity index (χ4v) is 5.17. The summed E-state index contributed by atoms with van der Waals surface area (Å²) in [5, 5.41) is 0. The lowest BCUT2D eigenvalue weighted by Crippen LogP contribution is -2.35. The van der Waals surface area contributed by atoms with E-state index in [2.05, 4.69) is 26.0 Å². The molecule has 0 aromatic heterocycles. The van der Waals surface area contributed by atoms with Crippen molar-refractivity contribution in [2.24, 2.45) is 23.7 Å². The van der Waals surface area contributed by atoms with Gasteiger partial charge >= 0.3 is 5.97 Å². The number of esters is 1. The number of unbranched alkanes of at least 4 members (excludes halogenated alkanes) is 1. The first-order chi connectivity index (χ1) is 12.7. The van der Waals surface area contributed by atoms with Crippen molar-refractivity contribution in [3.8, 4) is 5.75 Å². The van der Waals surface area contributed by atoms with Gasteiger partial charge < -0.3 is 4.74 Å². The van der Waals surface area contributed by atoms with E-state index in [4.69, 9.17) is 4.74 Å². The van der Waals surface area contributed by atoms with Crippen LogP contribution in [-0.2, 0) is 11.2 Å². The summed E-state index contributed by atoms with van der Waals surface area (Å²) in [6.45, 7) is 4.47. The first kappa shape index (κ1) is 19.5. The first-order valence-corrected chi connectivity index (χ1v) is 11.0. The number of carbonyl (C=O) groups is 1. The summed E-state index contributed by atoms with van der Waals surface area (Å²) in [5.41, 5.74) is 1.31. The smallest absolute Gasteiger partial charge is 0.314 e. The average Bonchev–Trinajstić information content (AvgIpc) is 2.67. The van der Waals surface area contributed by atoms with Crippen LogP contribution in [0, 0.1) is 23.7 Å². The Kier molecular flexibility index (Phi) is 7.16. The SMILES string of the molecule is CCCCC1CCC2C[C@H](C(=O)Oc3ccc(CCC)cc3)CC[C@@H]2C1. The molecule has 0 saturated heterocycles. The van der Waals surface area contributed by atoms with E-state index in [0.717, 1.165) is 43.4 Å². The van der Waals surface area contributed by atoms with Crippen LogP contribution in [0.2, 0.25) is 0 Å². The molecular weight excluding hydrogens is 320 g/mol. The maximum atomic E-state index is 12.6. The lowest BCUT2D eigenvalue weighted by atomic mass is 9.64. The third-order valence-corrected chi connectivity index (χ3v) is 6.70. The van der Waals surface area contributed by atoms with Crippen LogP contribution >= 0.6 is 0 Å². The van der Waals surface area contributed by atoms with E-state index in [1.54, 1.807) is 0 Å². The predicted molar refractivity (Wildman–Crippen MR) is 107 cm³/mol. The topological polar surface area (TPSA) is 26.3 Å². The highest BCUT2D eigenvalue weighted by Crippen LogP contribution is 2.46. The summed E-state index contributed by atoms with van der Waals surface area (Å²) in [7, 11) is 0. The van der Waals surface area contributed by atoms with Gasteiger partial charge in [-0.3, -0.25) is 4.79 Å². The maximum absolute atomic E-state index is 12.6. The van der Waals surface area contributed by atoms with Crippen LogP contribution in [0.1, 0.15) is 83.6 Å². The zero-order chi connectivity index (χ0) is 18.4. The second-order valence-corrected chi connectivity index (χ2v) is 8.67. The van der Waals surface area contributed by atoms with Crippen LogP contribution in [0.4, 0.5) is 0 Å². The van der Waals surface area contributed by atoms with Crippen molar-refractivity contribution >= 4 is 5.97 Å². The normalized spacial score (nSPS) is 28.4. The third-order valence-electron chi connectivity index (χ3n) is 6.70. The molecule has 4 atom stereocenters. The summed E-state index contributed by atoms with van der Waals surface area (Å²) < 4.78 is 5.70. The van der Waals surface area contributed by atoms with Gasteiger partial charge in [-0.05, 0) is 74.0 Å². The van der Waals surface area contributed by atoms with Crippen molar-refractivity contribution in [3.63, 3.8) is 0 Å². The van der Waals surface area contributed by atoms with E-state index >= 15 is 0 Å². The molecule has 0 amide bonds. The summed E-state index contributed by atoms with van der Waals surface area (Å²) in [6, 6.07) is 8.07. The van der Waals surface area contributed by atoms with Crippen molar-refractivity contribution in [1.29, 1.82) is 0 Å². The Hall–Kier alpha value is -1.31. The molecule has 0 bridgehead atoms. The molecule has 3 rings (SSSR count). The van der Waals surface area contributed by atoms with Crippen LogP contribution in [0.5, 0.6) is 5.75 Å². The van der Waals surface area contributed by atoms with Crippen LogP contribution in [-0.4, -0.2) is 5.97 Å². The van der Waals surface area contributed by atoms with E-state index in [1.807, 2.05) is 12.1 Å². The van der Waals surface area contributed by atoms with Crippen molar-refractivity contribution < 1.29 is 9.53 Å². The van der Waals surface area contributed by atoms with Crippen molar-refractivity contribution in [3.05, 3.63) is 29.8 Å². The highest BCUT2D eigenvalue weighted by molar-refractivity contribution is 5.75. The van der Waals surface area contributed by atoms with Crippen LogP contribution < -0.4 is 4.74 Å². The Morgan fingerprint density at radius 1 is 0.962 bits per heavy atom. The highest BCUT2D eigenvalue weighted by Gasteiger charge is 2.38. The number of hydrogen-bond donors (Lipinski definition) is 0. The molecule has 0 N–H and O–H groups in total. The van der Waals surface area contributed by atoms with Gasteiger partial charge in [0.25, 0.3) is 0 Å². The van der Waals surface area contributed by atoms with Gasteiger partial charge in [0, 0.05) is 0 Å². The van der Waals surface area contributed by atoms with Gasteiger partial charge in [-0.15, -0.1) is 0 Å². The molecule has 0 radical (unpaired) electrons. The van der Waals surface area contributed by atoms with Gasteiger partial charge in [-0.25, -0.2) is 0 Å². The molecule has 1 aromatic carbocycles. The summed E-state index contributed by atoms with van der Waals surface area (Å²) >= 11 is 0. The summed E-state index contributed by atoms with van der Waals surface area (Å²) in [4.78, 5) is 12.6. The first-order valence-electron chi connectivity index (χ1n) is 11.0.